The SMILES string of the molecule is CC(NC(N)=NCCc1cccc(O)c1)c1ccc(Cl)cc1Cl. The molecule has 0 aliphatic rings. The maximum Gasteiger partial charge on any atom is 0.189 e. The minimum atomic E-state index is -0.0794. The van der Waals surface area contributed by atoms with E-state index in [2.05, 4.69) is 10.3 Å². The lowest BCUT2D eigenvalue weighted by Crippen LogP contribution is -2.34. The maximum atomic E-state index is 9.42. The number of rotatable bonds is 5. The first-order valence-electron chi connectivity index (χ1n) is 7.25. The summed E-state index contributed by atoms with van der Waals surface area (Å²) in [4.78, 5) is 4.29. The molecule has 2 rings (SSSR count). The lowest BCUT2D eigenvalue weighted by Gasteiger charge is -2.16. The van der Waals surface area contributed by atoms with Crippen LogP contribution in [0.25, 0.3) is 0 Å². The van der Waals surface area contributed by atoms with Gasteiger partial charge in [-0.05, 0) is 48.7 Å². The molecule has 4 nitrogen and oxygen atoms in total. The quantitative estimate of drug-likeness (QED) is 0.564. The summed E-state index contributed by atoms with van der Waals surface area (Å²) in [7, 11) is 0. The number of nitrogens with one attached hydrogen (secondary N) is 1. The molecule has 0 aromatic heterocycles. The number of nitrogens with two attached hydrogens (primary N) is 1. The molecule has 6 heteroatoms. The van der Waals surface area contributed by atoms with Gasteiger partial charge >= 0.3 is 0 Å². The van der Waals surface area contributed by atoms with Gasteiger partial charge in [-0.1, -0.05) is 41.4 Å². The van der Waals surface area contributed by atoms with Crippen molar-refractivity contribution in [1.29, 1.82) is 0 Å². The van der Waals surface area contributed by atoms with Crippen molar-refractivity contribution in [3.8, 4) is 5.75 Å². The third-order valence-corrected chi connectivity index (χ3v) is 3.95. The summed E-state index contributed by atoms with van der Waals surface area (Å²) in [5.74, 6) is 0.604. The van der Waals surface area contributed by atoms with Crippen LogP contribution in [0.1, 0.15) is 24.1 Å². The number of hydrogen-bond acceptors (Lipinski definition) is 2. The molecule has 1 unspecified atom stereocenters. The molecule has 0 radical (unpaired) electrons. The molecular weight excluding hydrogens is 333 g/mol. The molecular formula is C17H19Cl2N3O. The summed E-state index contributed by atoms with van der Waals surface area (Å²) in [5.41, 5.74) is 7.82. The molecule has 0 spiro atoms. The summed E-state index contributed by atoms with van der Waals surface area (Å²) in [6.45, 7) is 2.48. The Labute approximate surface area is 145 Å². The van der Waals surface area contributed by atoms with E-state index in [0.717, 1.165) is 11.1 Å². The van der Waals surface area contributed by atoms with E-state index in [0.29, 0.717) is 29.0 Å². The molecule has 0 fully saturated rings. The van der Waals surface area contributed by atoms with Crippen molar-refractivity contribution in [2.75, 3.05) is 6.54 Å². The summed E-state index contributed by atoms with van der Waals surface area (Å²) in [5, 5.41) is 13.7. The molecule has 0 heterocycles. The minimum Gasteiger partial charge on any atom is -0.508 e. The number of halogens is 2. The van der Waals surface area contributed by atoms with Crippen LogP contribution >= 0.6 is 23.2 Å². The number of aromatic hydroxyl groups is 1. The van der Waals surface area contributed by atoms with Crippen LogP contribution in [0, 0.1) is 0 Å². The number of phenolic OH excluding ortho intramolecular Hbond substituents is 1. The smallest absolute Gasteiger partial charge is 0.189 e. The van der Waals surface area contributed by atoms with Gasteiger partial charge in [-0.25, -0.2) is 0 Å². The molecule has 0 amide bonds. The van der Waals surface area contributed by atoms with Gasteiger partial charge in [0.25, 0.3) is 0 Å². The Balaban J connectivity index is 1.91. The number of phenols is 1. The average Bonchev–Trinajstić information content (AvgIpc) is 2.47. The lowest BCUT2D eigenvalue weighted by molar-refractivity contribution is 0.474. The Kier molecular flexibility index (Phi) is 6.13. The molecule has 0 aliphatic heterocycles. The predicted molar refractivity (Wildman–Crippen MR) is 96.3 cm³/mol. The molecule has 0 aliphatic carbocycles. The second-order valence-electron chi connectivity index (χ2n) is 5.22. The molecule has 1 atom stereocenters. The molecule has 4 N–H and O–H groups in total. The van der Waals surface area contributed by atoms with E-state index in [1.165, 1.54) is 0 Å². The molecule has 23 heavy (non-hydrogen) atoms. The van der Waals surface area contributed by atoms with Crippen LogP contribution in [0.5, 0.6) is 5.75 Å². The molecule has 0 saturated heterocycles. The summed E-state index contributed by atoms with van der Waals surface area (Å²) in [6, 6.07) is 12.4. The Morgan fingerprint density at radius 3 is 2.74 bits per heavy atom. The van der Waals surface area contributed by atoms with Crippen LogP contribution in [0.3, 0.4) is 0 Å². The number of benzene rings is 2. The maximum absolute atomic E-state index is 9.42. The number of hydrogen-bond donors (Lipinski definition) is 3. The van der Waals surface area contributed by atoms with Crippen LogP contribution in [0.2, 0.25) is 10.0 Å². The Hall–Kier alpha value is -1.91. The van der Waals surface area contributed by atoms with Crippen molar-refractivity contribution < 1.29 is 5.11 Å². The van der Waals surface area contributed by atoms with E-state index in [1.807, 2.05) is 19.1 Å². The summed E-state index contributed by atoms with van der Waals surface area (Å²) in [6.07, 6.45) is 0.701. The van der Waals surface area contributed by atoms with Crippen molar-refractivity contribution in [1.82, 2.24) is 5.32 Å². The lowest BCUT2D eigenvalue weighted by atomic mass is 10.1. The third kappa shape index (κ3) is 5.34. The van der Waals surface area contributed by atoms with Gasteiger partial charge in [0.15, 0.2) is 5.96 Å². The van der Waals surface area contributed by atoms with E-state index < -0.39 is 0 Å². The van der Waals surface area contributed by atoms with Crippen molar-refractivity contribution in [2.24, 2.45) is 10.7 Å². The first-order chi connectivity index (χ1) is 11.0. The fourth-order valence-electron chi connectivity index (χ4n) is 2.22. The highest BCUT2D eigenvalue weighted by Gasteiger charge is 2.10. The van der Waals surface area contributed by atoms with Gasteiger partial charge in [0.1, 0.15) is 5.75 Å². The van der Waals surface area contributed by atoms with Crippen LogP contribution in [-0.4, -0.2) is 17.6 Å². The summed E-state index contributed by atoms with van der Waals surface area (Å²) < 4.78 is 0. The predicted octanol–water partition coefficient (Wildman–Crippen LogP) is 3.91. The molecule has 0 saturated carbocycles. The second-order valence-corrected chi connectivity index (χ2v) is 6.06. The zero-order valence-electron chi connectivity index (χ0n) is 12.8. The highest BCUT2D eigenvalue weighted by atomic mass is 35.5. The van der Waals surface area contributed by atoms with Crippen molar-refractivity contribution in [2.45, 2.75) is 19.4 Å². The third-order valence-electron chi connectivity index (χ3n) is 3.39. The summed E-state index contributed by atoms with van der Waals surface area (Å²) >= 11 is 12.1. The van der Waals surface area contributed by atoms with E-state index in [4.69, 9.17) is 28.9 Å². The fraction of sp³-hybridized carbons (Fsp3) is 0.235. The van der Waals surface area contributed by atoms with E-state index in [-0.39, 0.29) is 11.8 Å². The van der Waals surface area contributed by atoms with Crippen LogP contribution in [0.15, 0.2) is 47.5 Å². The van der Waals surface area contributed by atoms with Crippen LogP contribution in [0.4, 0.5) is 0 Å². The van der Waals surface area contributed by atoms with Crippen molar-refractivity contribution in [3.05, 3.63) is 63.6 Å². The Morgan fingerprint density at radius 2 is 2.04 bits per heavy atom. The van der Waals surface area contributed by atoms with Gasteiger partial charge in [-0.3, -0.25) is 4.99 Å². The van der Waals surface area contributed by atoms with E-state index in [9.17, 15) is 5.11 Å². The highest BCUT2D eigenvalue weighted by molar-refractivity contribution is 6.35. The van der Waals surface area contributed by atoms with Gasteiger partial charge < -0.3 is 16.2 Å². The largest absolute Gasteiger partial charge is 0.508 e. The van der Waals surface area contributed by atoms with Gasteiger partial charge in [-0.15, -0.1) is 0 Å². The number of aliphatic imine (C=N–C) groups is 1. The van der Waals surface area contributed by atoms with Gasteiger partial charge in [0, 0.05) is 16.6 Å². The van der Waals surface area contributed by atoms with Crippen LogP contribution < -0.4 is 11.1 Å². The standard InChI is InChI=1S/C17H19Cl2N3O/c1-11(15-6-5-13(18)10-16(15)19)22-17(20)21-8-7-12-3-2-4-14(23)9-12/h2-6,9-11,23H,7-8H2,1H3,(H3,20,21,22). The number of nitrogens with zero attached hydrogens (tertiary/aromatic N) is 1. The van der Waals surface area contributed by atoms with Gasteiger partial charge in [-0.2, -0.15) is 0 Å². The first-order valence-corrected chi connectivity index (χ1v) is 8.00. The van der Waals surface area contributed by atoms with E-state index in [1.54, 1.807) is 30.3 Å². The Bertz CT molecular complexity index is 704. The normalized spacial score (nSPS) is 12.9. The topological polar surface area (TPSA) is 70.6 Å². The zero-order chi connectivity index (χ0) is 16.8. The minimum absolute atomic E-state index is 0.0794. The molecule has 2 aromatic rings. The highest BCUT2D eigenvalue weighted by Crippen LogP contribution is 2.25. The van der Waals surface area contributed by atoms with Crippen molar-refractivity contribution >= 4 is 29.2 Å². The fourth-order valence-corrected chi connectivity index (χ4v) is 2.79. The molecule has 122 valence electrons. The molecule has 2 aromatic carbocycles. The van der Waals surface area contributed by atoms with Gasteiger partial charge in [0.05, 0.1) is 6.04 Å². The van der Waals surface area contributed by atoms with E-state index >= 15 is 0 Å². The second kappa shape index (κ2) is 8.09. The van der Waals surface area contributed by atoms with Crippen LogP contribution in [-0.2, 0) is 6.42 Å². The van der Waals surface area contributed by atoms with Gasteiger partial charge in [0.2, 0.25) is 0 Å². The van der Waals surface area contributed by atoms with Crippen molar-refractivity contribution in [3.63, 3.8) is 0 Å². The molecule has 0 bridgehead atoms. The number of guanidine groups is 1. The average molecular weight is 352 g/mol. The monoisotopic (exact) mass is 351 g/mol. The Morgan fingerprint density at radius 1 is 1.26 bits per heavy atom. The zero-order valence-corrected chi connectivity index (χ0v) is 14.3. The first kappa shape index (κ1) is 17.4.